The Morgan fingerprint density at radius 1 is 1.10 bits per heavy atom. The molecule has 0 radical (unpaired) electrons. The lowest BCUT2D eigenvalue weighted by atomic mass is 9.99. The first-order valence-corrected chi connectivity index (χ1v) is 10.7. The lowest BCUT2D eigenvalue weighted by Crippen LogP contribution is -2.36. The van der Waals surface area contributed by atoms with Crippen LogP contribution in [0.2, 0.25) is 0 Å². The predicted octanol–water partition coefficient (Wildman–Crippen LogP) is 4.28. The molecule has 4 aromatic rings. The zero-order valence-corrected chi connectivity index (χ0v) is 17.3. The molecule has 1 saturated heterocycles. The summed E-state index contributed by atoms with van der Waals surface area (Å²) in [6, 6.07) is 7.85. The molecule has 4 heterocycles. The lowest BCUT2D eigenvalue weighted by molar-refractivity contribution is 0.122. The third kappa shape index (κ3) is 3.53. The molecule has 8 heteroatoms. The molecule has 0 amide bonds. The van der Waals surface area contributed by atoms with Gasteiger partial charge in [0, 0.05) is 47.9 Å². The molecule has 1 fully saturated rings. The third-order valence-corrected chi connectivity index (χ3v) is 6.39. The van der Waals surface area contributed by atoms with Gasteiger partial charge in [0.2, 0.25) is 5.95 Å². The Kier molecular flexibility index (Phi) is 5.10. The van der Waals surface area contributed by atoms with Crippen LogP contribution < -0.4 is 4.90 Å². The van der Waals surface area contributed by atoms with Crippen LogP contribution in [-0.4, -0.2) is 46.2 Å². The summed E-state index contributed by atoms with van der Waals surface area (Å²) in [5.74, 6) is -0.514. The second-order valence-electron chi connectivity index (χ2n) is 7.22. The molecule has 0 saturated carbocycles. The van der Waals surface area contributed by atoms with Gasteiger partial charge in [0.1, 0.15) is 6.33 Å². The first-order chi connectivity index (χ1) is 14.7. The zero-order valence-electron chi connectivity index (χ0n) is 16.5. The normalized spacial score (nSPS) is 15.5. The Bertz CT molecular complexity index is 1180. The number of halogens is 1. The van der Waals surface area contributed by atoms with Crippen LogP contribution in [0.4, 0.5) is 10.1 Å². The fourth-order valence-corrected chi connectivity index (χ4v) is 4.46. The SMILES string of the molecule is CC(c1cnc(F)c(-c2ncnc3cc(N4CCOCC4)ccc23)c1)c1nccs1. The molecule has 0 spiro atoms. The second kappa shape index (κ2) is 8.04. The van der Waals surface area contributed by atoms with Gasteiger partial charge < -0.3 is 9.64 Å². The lowest BCUT2D eigenvalue weighted by Gasteiger charge is -2.29. The van der Waals surface area contributed by atoms with Crippen LogP contribution in [0, 0.1) is 5.95 Å². The number of hydrogen-bond acceptors (Lipinski definition) is 7. The molecule has 0 aliphatic carbocycles. The topological polar surface area (TPSA) is 64.0 Å². The predicted molar refractivity (Wildman–Crippen MR) is 115 cm³/mol. The van der Waals surface area contributed by atoms with Gasteiger partial charge in [-0.25, -0.2) is 19.9 Å². The molecule has 1 aliphatic rings. The Labute approximate surface area is 177 Å². The standard InChI is InChI=1S/C22H20FN5OS/c1-14(22-24-4-9-30-22)15-10-18(21(23)25-12-15)20-17-3-2-16(11-19(17)26-13-27-20)28-5-7-29-8-6-28/h2-4,9-14H,5-8H2,1H3. The van der Waals surface area contributed by atoms with Crippen LogP contribution in [-0.2, 0) is 4.74 Å². The number of thiazole rings is 1. The Balaban J connectivity index is 1.56. The molecular formula is C22H20FN5OS. The summed E-state index contributed by atoms with van der Waals surface area (Å²) in [5.41, 5.74) is 3.69. The van der Waals surface area contributed by atoms with Crippen molar-refractivity contribution < 1.29 is 9.13 Å². The fourth-order valence-electron chi connectivity index (χ4n) is 3.74. The number of rotatable bonds is 4. The van der Waals surface area contributed by atoms with Gasteiger partial charge in [0.05, 0.1) is 35.0 Å². The summed E-state index contributed by atoms with van der Waals surface area (Å²) in [6.07, 6.45) is 4.83. The number of hydrogen-bond donors (Lipinski definition) is 0. The van der Waals surface area contributed by atoms with Crippen LogP contribution in [0.3, 0.4) is 0 Å². The largest absolute Gasteiger partial charge is 0.378 e. The summed E-state index contributed by atoms with van der Waals surface area (Å²) >= 11 is 1.58. The highest BCUT2D eigenvalue weighted by Crippen LogP contribution is 2.33. The van der Waals surface area contributed by atoms with Gasteiger partial charge in [-0.05, 0) is 29.8 Å². The van der Waals surface area contributed by atoms with Gasteiger partial charge >= 0.3 is 0 Å². The van der Waals surface area contributed by atoms with Gasteiger partial charge in [0.25, 0.3) is 0 Å². The minimum Gasteiger partial charge on any atom is -0.378 e. The van der Waals surface area contributed by atoms with Gasteiger partial charge in [-0.1, -0.05) is 6.92 Å². The number of fused-ring (bicyclic) bond motifs is 1. The average Bonchev–Trinajstić information content (AvgIpc) is 3.34. The van der Waals surface area contributed by atoms with E-state index in [0.29, 0.717) is 24.5 Å². The van der Waals surface area contributed by atoms with Crippen molar-refractivity contribution in [3.05, 3.63) is 64.9 Å². The Hall–Kier alpha value is -2.97. The van der Waals surface area contributed by atoms with Gasteiger partial charge in [0.15, 0.2) is 0 Å². The van der Waals surface area contributed by atoms with Crippen molar-refractivity contribution in [2.75, 3.05) is 31.2 Å². The highest BCUT2D eigenvalue weighted by Gasteiger charge is 2.18. The van der Waals surface area contributed by atoms with E-state index >= 15 is 0 Å². The van der Waals surface area contributed by atoms with E-state index < -0.39 is 5.95 Å². The minimum atomic E-state index is -0.539. The molecule has 3 aromatic heterocycles. The van der Waals surface area contributed by atoms with E-state index in [-0.39, 0.29) is 5.92 Å². The van der Waals surface area contributed by atoms with Crippen LogP contribution in [0.25, 0.3) is 22.2 Å². The molecule has 152 valence electrons. The van der Waals surface area contributed by atoms with Crippen LogP contribution in [0.1, 0.15) is 23.4 Å². The number of nitrogens with zero attached hydrogens (tertiary/aromatic N) is 5. The van der Waals surface area contributed by atoms with Crippen molar-refractivity contribution in [1.82, 2.24) is 19.9 Å². The molecule has 1 unspecified atom stereocenters. The van der Waals surface area contributed by atoms with E-state index in [2.05, 4.69) is 24.8 Å². The van der Waals surface area contributed by atoms with Gasteiger partial charge in [-0.3, -0.25) is 0 Å². The van der Waals surface area contributed by atoms with E-state index in [1.807, 2.05) is 36.6 Å². The number of morpholine rings is 1. The monoisotopic (exact) mass is 421 g/mol. The van der Waals surface area contributed by atoms with Crippen molar-refractivity contribution in [2.24, 2.45) is 0 Å². The highest BCUT2D eigenvalue weighted by molar-refractivity contribution is 7.09. The summed E-state index contributed by atoms with van der Waals surface area (Å²) < 4.78 is 20.2. The Morgan fingerprint density at radius 2 is 1.97 bits per heavy atom. The van der Waals surface area contributed by atoms with Crippen molar-refractivity contribution in [3.8, 4) is 11.3 Å². The van der Waals surface area contributed by atoms with Crippen LogP contribution >= 0.6 is 11.3 Å². The van der Waals surface area contributed by atoms with Gasteiger partial charge in [-0.2, -0.15) is 4.39 Å². The smallest absolute Gasteiger partial charge is 0.222 e. The van der Waals surface area contributed by atoms with Crippen molar-refractivity contribution in [1.29, 1.82) is 0 Å². The maximum absolute atomic E-state index is 14.8. The van der Waals surface area contributed by atoms with Crippen molar-refractivity contribution in [3.63, 3.8) is 0 Å². The summed E-state index contributed by atoms with van der Waals surface area (Å²) in [5, 5.41) is 3.71. The number of aromatic nitrogens is 4. The van der Waals surface area contributed by atoms with E-state index in [1.165, 1.54) is 6.33 Å². The quantitative estimate of drug-likeness (QED) is 0.459. The molecule has 1 aliphatic heterocycles. The highest BCUT2D eigenvalue weighted by atomic mass is 32.1. The minimum absolute atomic E-state index is 0.0258. The molecular weight excluding hydrogens is 401 g/mol. The van der Waals surface area contributed by atoms with Crippen molar-refractivity contribution >= 4 is 27.9 Å². The first kappa shape index (κ1) is 19.0. The second-order valence-corrected chi connectivity index (χ2v) is 8.15. The maximum atomic E-state index is 14.8. The molecule has 30 heavy (non-hydrogen) atoms. The number of benzene rings is 1. The molecule has 5 rings (SSSR count). The number of ether oxygens (including phenoxy) is 1. The van der Waals surface area contributed by atoms with Crippen LogP contribution in [0.15, 0.2) is 48.4 Å². The van der Waals surface area contributed by atoms with Gasteiger partial charge in [-0.15, -0.1) is 11.3 Å². The molecule has 0 N–H and O–H groups in total. The number of anilines is 1. The molecule has 6 nitrogen and oxygen atoms in total. The summed E-state index contributed by atoms with van der Waals surface area (Å²) in [4.78, 5) is 19.5. The van der Waals surface area contributed by atoms with E-state index in [9.17, 15) is 4.39 Å². The summed E-state index contributed by atoms with van der Waals surface area (Å²) in [6.45, 7) is 5.17. The summed E-state index contributed by atoms with van der Waals surface area (Å²) in [7, 11) is 0. The Morgan fingerprint density at radius 3 is 2.77 bits per heavy atom. The first-order valence-electron chi connectivity index (χ1n) is 9.83. The third-order valence-electron chi connectivity index (χ3n) is 5.43. The van der Waals surface area contributed by atoms with Crippen LogP contribution in [0.5, 0.6) is 0 Å². The fraction of sp³-hybridized carbons (Fsp3) is 0.273. The molecule has 1 atom stereocenters. The van der Waals surface area contributed by atoms with Crippen molar-refractivity contribution in [2.45, 2.75) is 12.8 Å². The average molecular weight is 422 g/mol. The number of pyridine rings is 1. The maximum Gasteiger partial charge on any atom is 0.222 e. The molecule has 1 aromatic carbocycles. The van der Waals surface area contributed by atoms with E-state index in [0.717, 1.165) is 40.3 Å². The van der Waals surface area contributed by atoms with E-state index in [1.54, 1.807) is 23.7 Å². The zero-order chi connectivity index (χ0) is 20.5. The van der Waals surface area contributed by atoms with E-state index in [4.69, 9.17) is 4.74 Å². The molecule has 0 bridgehead atoms.